The van der Waals surface area contributed by atoms with E-state index in [-0.39, 0.29) is 0 Å². The molecule has 0 fully saturated rings. The SMILES string of the molecule is CCCC(C)n1c(=S)[nH]c2c(CC)nn(C)c21. The van der Waals surface area contributed by atoms with E-state index in [4.69, 9.17) is 12.2 Å². The van der Waals surface area contributed by atoms with Gasteiger partial charge in [0.15, 0.2) is 10.4 Å². The molecule has 5 heteroatoms. The molecule has 0 amide bonds. The molecule has 0 bridgehead atoms. The average molecular weight is 252 g/mol. The van der Waals surface area contributed by atoms with Crippen LogP contribution in [0.1, 0.15) is 45.3 Å². The number of rotatable bonds is 4. The van der Waals surface area contributed by atoms with Crippen molar-refractivity contribution in [2.24, 2.45) is 7.05 Å². The standard InChI is InChI=1S/C12H20N4S/c1-5-7-8(3)16-11-10(13-12(16)17)9(6-2)14-15(11)4/h8H,5-7H2,1-4H3,(H,13,17). The molecule has 0 aliphatic rings. The smallest absolute Gasteiger partial charge is 0.179 e. The van der Waals surface area contributed by atoms with Crippen molar-refractivity contribution >= 4 is 23.4 Å². The molecule has 2 aromatic heterocycles. The van der Waals surface area contributed by atoms with E-state index >= 15 is 0 Å². The summed E-state index contributed by atoms with van der Waals surface area (Å²) in [7, 11) is 1.99. The van der Waals surface area contributed by atoms with Crippen molar-refractivity contribution in [2.75, 3.05) is 0 Å². The second-order valence-electron chi connectivity index (χ2n) is 4.56. The first-order chi connectivity index (χ1) is 8.10. The van der Waals surface area contributed by atoms with E-state index in [1.807, 2.05) is 11.7 Å². The molecular formula is C12H20N4S. The van der Waals surface area contributed by atoms with Crippen LogP contribution in [-0.2, 0) is 13.5 Å². The number of hydrogen-bond acceptors (Lipinski definition) is 2. The zero-order valence-electron chi connectivity index (χ0n) is 10.9. The Bertz CT molecular complexity index is 575. The largest absolute Gasteiger partial charge is 0.328 e. The number of nitrogens with one attached hydrogen (secondary N) is 1. The Morgan fingerprint density at radius 2 is 2.12 bits per heavy atom. The molecule has 17 heavy (non-hydrogen) atoms. The zero-order chi connectivity index (χ0) is 12.6. The van der Waals surface area contributed by atoms with Crippen LogP contribution < -0.4 is 0 Å². The lowest BCUT2D eigenvalue weighted by Crippen LogP contribution is -2.08. The third-order valence-electron chi connectivity index (χ3n) is 3.25. The van der Waals surface area contributed by atoms with Crippen molar-refractivity contribution in [3.05, 3.63) is 10.5 Å². The molecule has 1 atom stereocenters. The highest BCUT2D eigenvalue weighted by molar-refractivity contribution is 7.71. The van der Waals surface area contributed by atoms with Gasteiger partial charge in [-0.15, -0.1) is 0 Å². The van der Waals surface area contributed by atoms with Crippen molar-refractivity contribution < 1.29 is 0 Å². The van der Waals surface area contributed by atoms with Gasteiger partial charge in [-0.2, -0.15) is 5.10 Å². The summed E-state index contributed by atoms with van der Waals surface area (Å²) in [6.45, 7) is 6.53. The normalized spacial score (nSPS) is 13.4. The maximum atomic E-state index is 5.43. The molecule has 94 valence electrons. The molecule has 2 aromatic rings. The lowest BCUT2D eigenvalue weighted by atomic mass is 10.2. The second-order valence-corrected chi connectivity index (χ2v) is 4.95. The maximum Gasteiger partial charge on any atom is 0.179 e. The fraction of sp³-hybridized carbons (Fsp3) is 0.667. The van der Waals surface area contributed by atoms with Crippen LogP contribution in [-0.4, -0.2) is 19.3 Å². The molecule has 4 nitrogen and oxygen atoms in total. The highest BCUT2D eigenvalue weighted by atomic mass is 32.1. The van der Waals surface area contributed by atoms with Gasteiger partial charge in [-0.25, -0.2) is 0 Å². The Labute approximate surface area is 107 Å². The van der Waals surface area contributed by atoms with Gasteiger partial charge in [0, 0.05) is 13.1 Å². The van der Waals surface area contributed by atoms with Crippen LogP contribution in [0.2, 0.25) is 0 Å². The second kappa shape index (κ2) is 4.64. The Morgan fingerprint density at radius 1 is 1.41 bits per heavy atom. The van der Waals surface area contributed by atoms with E-state index in [1.54, 1.807) is 0 Å². The van der Waals surface area contributed by atoms with E-state index in [0.717, 1.165) is 40.9 Å². The summed E-state index contributed by atoms with van der Waals surface area (Å²) in [6.07, 6.45) is 3.22. The van der Waals surface area contributed by atoms with Crippen LogP contribution in [0, 0.1) is 4.77 Å². The third-order valence-corrected chi connectivity index (χ3v) is 3.55. The maximum absolute atomic E-state index is 5.43. The van der Waals surface area contributed by atoms with Gasteiger partial charge in [0.2, 0.25) is 0 Å². The molecule has 1 N–H and O–H groups in total. The molecule has 0 aliphatic heterocycles. The van der Waals surface area contributed by atoms with Crippen LogP contribution in [0.25, 0.3) is 11.2 Å². The molecule has 0 spiro atoms. The predicted molar refractivity (Wildman–Crippen MR) is 72.9 cm³/mol. The number of aromatic nitrogens is 4. The first-order valence-corrected chi connectivity index (χ1v) is 6.67. The van der Waals surface area contributed by atoms with E-state index in [9.17, 15) is 0 Å². The first-order valence-electron chi connectivity index (χ1n) is 6.26. The molecule has 1 unspecified atom stereocenters. The van der Waals surface area contributed by atoms with Gasteiger partial charge in [-0.3, -0.25) is 9.25 Å². The van der Waals surface area contributed by atoms with Crippen LogP contribution in [0.15, 0.2) is 0 Å². The van der Waals surface area contributed by atoms with Crippen LogP contribution in [0.3, 0.4) is 0 Å². The molecule has 0 aliphatic carbocycles. The third kappa shape index (κ3) is 1.92. The monoisotopic (exact) mass is 252 g/mol. The Hall–Kier alpha value is -1.10. The quantitative estimate of drug-likeness (QED) is 0.847. The molecule has 2 heterocycles. The topological polar surface area (TPSA) is 38.5 Å². The predicted octanol–water partition coefficient (Wildman–Crippen LogP) is 3.36. The number of aromatic amines is 1. The lowest BCUT2D eigenvalue weighted by molar-refractivity contribution is 0.497. The number of nitrogens with zero attached hydrogens (tertiary/aromatic N) is 3. The van der Waals surface area contributed by atoms with Crippen molar-refractivity contribution in [3.8, 4) is 0 Å². The van der Waals surface area contributed by atoms with Crippen molar-refractivity contribution in [2.45, 2.75) is 46.1 Å². The Kier molecular flexibility index (Phi) is 3.38. The average Bonchev–Trinajstić information content (AvgIpc) is 2.76. The lowest BCUT2D eigenvalue weighted by Gasteiger charge is -2.13. The van der Waals surface area contributed by atoms with Crippen LogP contribution in [0.4, 0.5) is 0 Å². The summed E-state index contributed by atoms with van der Waals surface area (Å²) in [6, 6.07) is 0.418. The summed E-state index contributed by atoms with van der Waals surface area (Å²) in [5.74, 6) is 0. The molecule has 0 radical (unpaired) electrons. The summed E-state index contributed by atoms with van der Waals surface area (Å²) >= 11 is 5.43. The molecule has 2 rings (SSSR count). The van der Waals surface area contributed by atoms with Crippen molar-refractivity contribution in [1.29, 1.82) is 0 Å². The molecule has 0 saturated carbocycles. The summed E-state index contributed by atoms with van der Waals surface area (Å²) in [4.78, 5) is 3.30. The number of H-pyrrole nitrogens is 1. The van der Waals surface area contributed by atoms with Gasteiger partial charge >= 0.3 is 0 Å². The minimum Gasteiger partial charge on any atom is -0.328 e. The minimum absolute atomic E-state index is 0.418. The first kappa shape index (κ1) is 12.4. The van der Waals surface area contributed by atoms with Gasteiger partial charge in [-0.05, 0) is 32.0 Å². The van der Waals surface area contributed by atoms with Gasteiger partial charge < -0.3 is 4.98 Å². The van der Waals surface area contributed by atoms with Crippen LogP contribution >= 0.6 is 12.2 Å². The van der Waals surface area contributed by atoms with Gasteiger partial charge in [0.25, 0.3) is 0 Å². The fourth-order valence-electron chi connectivity index (χ4n) is 2.44. The Balaban J connectivity index is 2.66. The minimum atomic E-state index is 0.418. The molecule has 0 saturated heterocycles. The van der Waals surface area contributed by atoms with Gasteiger partial charge in [0.1, 0.15) is 5.52 Å². The molecular weight excluding hydrogens is 232 g/mol. The van der Waals surface area contributed by atoms with Crippen molar-refractivity contribution in [3.63, 3.8) is 0 Å². The summed E-state index contributed by atoms with van der Waals surface area (Å²) < 4.78 is 4.94. The van der Waals surface area contributed by atoms with Gasteiger partial charge in [0.05, 0.1) is 5.69 Å². The number of aryl methyl sites for hydroxylation is 2. The van der Waals surface area contributed by atoms with E-state index in [0.29, 0.717) is 6.04 Å². The number of imidazole rings is 1. The Morgan fingerprint density at radius 3 is 2.71 bits per heavy atom. The zero-order valence-corrected chi connectivity index (χ0v) is 11.8. The number of hydrogen-bond donors (Lipinski definition) is 1. The molecule has 0 aromatic carbocycles. The number of fused-ring (bicyclic) bond motifs is 1. The van der Waals surface area contributed by atoms with E-state index in [1.165, 1.54) is 0 Å². The van der Waals surface area contributed by atoms with Gasteiger partial charge in [-0.1, -0.05) is 20.3 Å². The summed E-state index contributed by atoms with van der Waals surface area (Å²) in [5.41, 5.74) is 3.31. The van der Waals surface area contributed by atoms with Crippen molar-refractivity contribution in [1.82, 2.24) is 19.3 Å². The highest BCUT2D eigenvalue weighted by Crippen LogP contribution is 2.24. The van der Waals surface area contributed by atoms with E-state index in [2.05, 4.69) is 35.4 Å². The van der Waals surface area contributed by atoms with E-state index < -0.39 is 0 Å². The summed E-state index contributed by atoms with van der Waals surface area (Å²) in [5, 5.41) is 4.53. The highest BCUT2D eigenvalue weighted by Gasteiger charge is 2.17. The fourth-order valence-corrected chi connectivity index (χ4v) is 2.81. The van der Waals surface area contributed by atoms with Crippen LogP contribution in [0.5, 0.6) is 0 Å².